The first kappa shape index (κ1) is 9.10. The molecule has 0 amide bonds. The normalized spacial score (nSPS) is 15.9. The molecule has 0 saturated heterocycles. The van der Waals surface area contributed by atoms with E-state index >= 15 is 0 Å². The molecule has 0 spiro atoms. The predicted octanol–water partition coefficient (Wildman–Crippen LogP) is 3.71. The Labute approximate surface area is 93.2 Å². The van der Waals surface area contributed by atoms with Gasteiger partial charge >= 0.3 is 0 Å². The maximum absolute atomic E-state index is 6.37. The largest absolute Gasteiger partial charge is 0.482 e. The first-order chi connectivity index (χ1) is 7.29. The molecule has 1 aromatic carbocycles. The highest BCUT2D eigenvalue weighted by atomic mass is 35.5. The van der Waals surface area contributed by atoms with E-state index in [9.17, 15) is 0 Å². The molecule has 1 N–H and O–H groups in total. The molecule has 0 radical (unpaired) electrons. The number of H-pyrrole nitrogens is 1. The lowest BCUT2D eigenvalue weighted by molar-refractivity contribution is 0.401. The topological polar surface area (TPSA) is 25.0 Å². The lowest BCUT2D eigenvalue weighted by Crippen LogP contribution is -1.81. The minimum Gasteiger partial charge on any atom is -0.482 e. The Hall–Kier alpha value is -1.15. The van der Waals surface area contributed by atoms with Gasteiger partial charge in [0.25, 0.3) is 0 Å². The van der Waals surface area contributed by atoms with Crippen LogP contribution in [0.1, 0.15) is 24.3 Å². The summed E-state index contributed by atoms with van der Waals surface area (Å²) in [5, 5.41) is 1.95. The summed E-state index contributed by atoms with van der Waals surface area (Å²) >= 11 is 6.37. The maximum atomic E-state index is 6.37. The molecule has 0 unspecified atom stereocenters. The van der Waals surface area contributed by atoms with Crippen LogP contribution in [0.25, 0.3) is 10.9 Å². The molecule has 1 saturated carbocycles. The van der Waals surface area contributed by atoms with Crippen molar-refractivity contribution in [1.29, 1.82) is 0 Å². The van der Waals surface area contributed by atoms with Crippen LogP contribution in [0.15, 0.2) is 18.2 Å². The second kappa shape index (κ2) is 3.17. The number of aromatic amines is 1. The summed E-state index contributed by atoms with van der Waals surface area (Å²) in [6.07, 6.45) is 2.54. The van der Waals surface area contributed by atoms with E-state index in [2.05, 4.69) is 17.1 Å². The van der Waals surface area contributed by atoms with Gasteiger partial charge < -0.3 is 9.72 Å². The third-order valence-electron chi connectivity index (χ3n) is 2.98. The van der Waals surface area contributed by atoms with Gasteiger partial charge in [0, 0.05) is 17.0 Å². The van der Waals surface area contributed by atoms with Crippen molar-refractivity contribution >= 4 is 22.5 Å². The fourth-order valence-corrected chi connectivity index (χ4v) is 2.35. The number of rotatable bonds is 2. The van der Waals surface area contributed by atoms with Crippen molar-refractivity contribution in [3.05, 3.63) is 28.8 Å². The summed E-state index contributed by atoms with van der Waals surface area (Å²) < 4.78 is 5.16. The number of aromatic nitrogens is 1. The second-order valence-corrected chi connectivity index (χ2v) is 4.42. The number of methoxy groups -OCH3 is 1. The van der Waals surface area contributed by atoms with Crippen LogP contribution in [0, 0.1) is 0 Å². The van der Waals surface area contributed by atoms with E-state index in [1.54, 1.807) is 7.11 Å². The minimum absolute atomic E-state index is 0.683. The van der Waals surface area contributed by atoms with Gasteiger partial charge in [0.15, 0.2) is 5.88 Å². The Morgan fingerprint density at radius 1 is 1.40 bits per heavy atom. The van der Waals surface area contributed by atoms with Gasteiger partial charge in [0.05, 0.1) is 12.1 Å². The van der Waals surface area contributed by atoms with Crippen molar-refractivity contribution < 1.29 is 4.74 Å². The van der Waals surface area contributed by atoms with E-state index in [4.69, 9.17) is 16.3 Å². The van der Waals surface area contributed by atoms with Gasteiger partial charge in [0.2, 0.25) is 0 Å². The molecule has 1 aliphatic carbocycles. The van der Waals surface area contributed by atoms with Crippen LogP contribution < -0.4 is 4.74 Å². The highest BCUT2D eigenvalue weighted by Gasteiger charge is 2.26. The van der Waals surface area contributed by atoms with Gasteiger partial charge in [-0.2, -0.15) is 0 Å². The summed E-state index contributed by atoms with van der Waals surface area (Å²) in [6, 6.07) is 6.17. The smallest absolute Gasteiger partial charge is 0.191 e. The Morgan fingerprint density at radius 2 is 2.20 bits per heavy atom. The Balaban J connectivity index is 2.21. The first-order valence-corrected chi connectivity index (χ1v) is 5.52. The van der Waals surface area contributed by atoms with Crippen LogP contribution >= 0.6 is 11.6 Å². The Bertz CT molecular complexity index is 514. The van der Waals surface area contributed by atoms with E-state index in [-0.39, 0.29) is 0 Å². The molecule has 15 heavy (non-hydrogen) atoms. The molecule has 3 rings (SSSR count). The molecular formula is C12H12ClNO. The molecule has 1 aliphatic rings. The van der Waals surface area contributed by atoms with Gasteiger partial charge in [-0.3, -0.25) is 0 Å². The molecule has 0 aliphatic heterocycles. The van der Waals surface area contributed by atoms with Crippen molar-refractivity contribution in [2.75, 3.05) is 7.11 Å². The van der Waals surface area contributed by atoms with Crippen LogP contribution in [-0.2, 0) is 0 Å². The zero-order valence-corrected chi connectivity index (χ0v) is 9.27. The molecule has 78 valence electrons. The molecule has 1 fully saturated rings. The standard InChI is InChI=1S/C12H12ClNO/c1-15-11-6-9-10(14-11)5-4-8(12(9)13)7-2-3-7/h4-7,14H,2-3H2,1H3. The zero-order valence-electron chi connectivity index (χ0n) is 8.51. The molecule has 0 bridgehead atoms. The third-order valence-corrected chi connectivity index (χ3v) is 3.40. The number of benzene rings is 1. The van der Waals surface area contributed by atoms with Crippen LogP contribution in [0.4, 0.5) is 0 Å². The maximum Gasteiger partial charge on any atom is 0.191 e. The van der Waals surface area contributed by atoms with Gasteiger partial charge in [-0.1, -0.05) is 17.7 Å². The van der Waals surface area contributed by atoms with Crippen molar-refractivity contribution in [3.63, 3.8) is 0 Å². The molecule has 1 aromatic heterocycles. The highest BCUT2D eigenvalue weighted by Crippen LogP contribution is 2.45. The molecule has 0 atom stereocenters. The second-order valence-electron chi connectivity index (χ2n) is 4.04. The Morgan fingerprint density at radius 3 is 2.87 bits per heavy atom. The van der Waals surface area contributed by atoms with Crippen LogP contribution in [-0.4, -0.2) is 12.1 Å². The van der Waals surface area contributed by atoms with Crippen molar-refractivity contribution in [1.82, 2.24) is 4.98 Å². The first-order valence-electron chi connectivity index (χ1n) is 5.14. The van der Waals surface area contributed by atoms with Gasteiger partial charge in [-0.05, 0) is 30.4 Å². The van der Waals surface area contributed by atoms with E-state index in [1.165, 1.54) is 18.4 Å². The van der Waals surface area contributed by atoms with Gasteiger partial charge in [-0.25, -0.2) is 0 Å². The molecule has 1 heterocycles. The molecular weight excluding hydrogens is 210 g/mol. The lowest BCUT2D eigenvalue weighted by atomic mass is 10.1. The number of nitrogens with one attached hydrogen (secondary N) is 1. The average Bonchev–Trinajstić information content (AvgIpc) is 2.97. The van der Waals surface area contributed by atoms with Crippen LogP contribution in [0.2, 0.25) is 5.02 Å². The predicted molar refractivity (Wildman–Crippen MR) is 61.8 cm³/mol. The third kappa shape index (κ3) is 1.40. The monoisotopic (exact) mass is 221 g/mol. The van der Waals surface area contributed by atoms with Crippen LogP contribution in [0.5, 0.6) is 5.88 Å². The van der Waals surface area contributed by atoms with E-state index < -0.39 is 0 Å². The van der Waals surface area contributed by atoms with Crippen molar-refractivity contribution in [2.45, 2.75) is 18.8 Å². The molecule has 2 nitrogen and oxygen atoms in total. The number of ether oxygens (including phenoxy) is 1. The summed E-state index contributed by atoms with van der Waals surface area (Å²) in [5.41, 5.74) is 2.33. The van der Waals surface area contributed by atoms with Crippen molar-refractivity contribution in [2.24, 2.45) is 0 Å². The highest BCUT2D eigenvalue weighted by molar-refractivity contribution is 6.36. The summed E-state index contributed by atoms with van der Waals surface area (Å²) in [6.45, 7) is 0. The number of halogens is 1. The SMILES string of the molecule is COc1cc2c(Cl)c(C3CC3)ccc2[nH]1. The average molecular weight is 222 g/mol. The molecule has 2 aromatic rings. The lowest BCUT2D eigenvalue weighted by Gasteiger charge is -2.02. The zero-order chi connectivity index (χ0) is 10.4. The van der Waals surface area contributed by atoms with Crippen LogP contribution in [0.3, 0.4) is 0 Å². The Kier molecular flexibility index (Phi) is 1.93. The van der Waals surface area contributed by atoms with Crippen molar-refractivity contribution in [3.8, 4) is 5.88 Å². The van der Waals surface area contributed by atoms with Gasteiger partial charge in [0.1, 0.15) is 0 Å². The fraction of sp³-hybridized carbons (Fsp3) is 0.333. The summed E-state index contributed by atoms with van der Waals surface area (Å²) in [4.78, 5) is 3.17. The fourth-order valence-electron chi connectivity index (χ4n) is 1.98. The number of hydrogen-bond acceptors (Lipinski definition) is 1. The number of hydrogen-bond donors (Lipinski definition) is 1. The quantitative estimate of drug-likeness (QED) is 0.822. The van der Waals surface area contributed by atoms with E-state index in [0.29, 0.717) is 5.92 Å². The summed E-state index contributed by atoms with van der Waals surface area (Å²) in [5.74, 6) is 1.45. The van der Waals surface area contributed by atoms with E-state index in [1.807, 2.05) is 6.07 Å². The number of fused-ring (bicyclic) bond motifs is 1. The van der Waals surface area contributed by atoms with E-state index in [0.717, 1.165) is 21.8 Å². The summed E-state index contributed by atoms with van der Waals surface area (Å²) in [7, 11) is 1.65. The van der Waals surface area contributed by atoms with Gasteiger partial charge in [-0.15, -0.1) is 0 Å². The molecule has 3 heteroatoms. The minimum atomic E-state index is 0.683.